The van der Waals surface area contributed by atoms with Crippen LogP contribution < -0.4 is 54.4 Å². The maximum absolute atomic E-state index is 14.9. The molecule has 0 bridgehead atoms. The second-order valence-corrected chi connectivity index (χ2v) is 21.9. The monoisotopic (exact) mass is 1260 g/mol. The van der Waals surface area contributed by atoms with Gasteiger partial charge in [0.05, 0.1) is 12.6 Å². The first kappa shape index (κ1) is 69.5. The molecule has 1 fully saturated rings. The molecule has 19 N–H and O–H groups in total. The largest absolute Gasteiger partial charge is 0.508 e. The van der Waals surface area contributed by atoms with Gasteiger partial charge < -0.3 is 90.0 Å². The van der Waals surface area contributed by atoms with Gasteiger partial charge in [0.25, 0.3) is 0 Å². The van der Waals surface area contributed by atoms with E-state index in [0.717, 1.165) is 0 Å². The molecule has 0 unspecified atom stereocenters. The van der Waals surface area contributed by atoms with Crippen molar-refractivity contribution in [2.75, 3.05) is 13.2 Å². The second-order valence-electron chi connectivity index (χ2n) is 21.9. The lowest BCUT2D eigenvalue weighted by Gasteiger charge is -2.31. The van der Waals surface area contributed by atoms with E-state index in [1.807, 2.05) is 0 Å². The van der Waals surface area contributed by atoms with Crippen LogP contribution in [-0.4, -0.2) is 168 Å². The van der Waals surface area contributed by atoms with E-state index in [2.05, 4.69) is 37.2 Å². The molecular weight excluding hydrogens is 1180 g/mol. The third kappa shape index (κ3) is 21.9. The number of carbonyl (C=O) groups excluding carboxylic acids is 10. The van der Waals surface area contributed by atoms with E-state index in [-0.39, 0.29) is 93.8 Å². The van der Waals surface area contributed by atoms with Crippen molar-refractivity contribution in [2.45, 2.75) is 125 Å². The Kier molecular flexibility index (Phi) is 25.7. The Labute approximate surface area is 522 Å². The number of phenolic OH excluding ortho intramolecular Hbond substituents is 4. The molecule has 28 nitrogen and oxygen atoms in total. The van der Waals surface area contributed by atoms with Crippen molar-refractivity contribution >= 4 is 65.0 Å². The van der Waals surface area contributed by atoms with Gasteiger partial charge in [-0.3, -0.25) is 47.9 Å². The van der Waals surface area contributed by atoms with Crippen LogP contribution in [0.1, 0.15) is 66.3 Å². The molecule has 0 aliphatic carbocycles. The van der Waals surface area contributed by atoms with E-state index in [0.29, 0.717) is 27.8 Å². The average Bonchev–Trinajstić information content (AvgIpc) is 1.96. The summed E-state index contributed by atoms with van der Waals surface area (Å²) in [4.78, 5) is 151. The van der Waals surface area contributed by atoms with Gasteiger partial charge in [-0.05, 0) is 102 Å². The van der Waals surface area contributed by atoms with Gasteiger partial charge >= 0.3 is 5.97 Å². The van der Waals surface area contributed by atoms with Gasteiger partial charge in [0.2, 0.25) is 59.1 Å². The predicted molar refractivity (Wildman–Crippen MR) is 325 cm³/mol. The third-order valence-corrected chi connectivity index (χ3v) is 14.9. The molecule has 1 aliphatic rings. The summed E-state index contributed by atoms with van der Waals surface area (Å²) in [6.45, 7) is -1.12. The molecule has 1 heterocycles. The minimum absolute atomic E-state index is 0.0234. The number of likely N-dealkylation sites (tertiary alicyclic amines) is 1. The maximum Gasteiger partial charge on any atom is 0.326 e. The van der Waals surface area contributed by atoms with E-state index in [4.69, 9.17) is 17.2 Å². The topological polar surface area (TPSA) is 475 Å². The van der Waals surface area contributed by atoms with Gasteiger partial charge in [0.1, 0.15) is 71.3 Å². The van der Waals surface area contributed by atoms with Crippen LogP contribution in [0.15, 0.2) is 127 Å². The van der Waals surface area contributed by atoms with Gasteiger partial charge in [-0.1, -0.05) is 78.9 Å². The van der Waals surface area contributed by atoms with Crippen molar-refractivity contribution in [1.82, 2.24) is 42.1 Å². The lowest BCUT2D eigenvalue weighted by atomic mass is 10.0. The number of carboxylic acids is 1. The number of aliphatic hydroxyl groups is 1. The molecular formula is C63H75N11O17. The van der Waals surface area contributed by atoms with Gasteiger partial charge in [0.15, 0.2) is 0 Å². The summed E-state index contributed by atoms with van der Waals surface area (Å²) in [7, 11) is 0. The van der Waals surface area contributed by atoms with Crippen molar-refractivity contribution in [2.24, 2.45) is 17.2 Å². The first-order valence-electron chi connectivity index (χ1n) is 29.1. The molecule has 9 atom stereocenters. The minimum Gasteiger partial charge on any atom is -0.508 e. The third-order valence-electron chi connectivity index (χ3n) is 14.9. The number of carbonyl (C=O) groups is 11. The summed E-state index contributed by atoms with van der Waals surface area (Å²) < 4.78 is 0. The molecule has 0 aromatic heterocycles. The molecule has 0 saturated carbocycles. The highest BCUT2D eigenvalue weighted by atomic mass is 16.4. The minimum atomic E-state index is -1.86. The van der Waals surface area contributed by atoms with Crippen LogP contribution in [0.4, 0.5) is 0 Å². The molecule has 5 aromatic carbocycles. The van der Waals surface area contributed by atoms with Crippen LogP contribution in [-0.2, 0) is 84.8 Å². The highest BCUT2D eigenvalue weighted by Gasteiger charge is 2.41. The maximum atomic E-state index is 14.9. The zero-order valence-corrected chi connectivity index (χ0v) is 49.4. The van der Waals surface area contributed by atoms with Crippen LogP contribution in [0, 0.1) is 0 Å². The number of nitrogens with zero attached hydrogens (tertiary/aromatic N) is 1. The number of phenols is 4. The van der Waals surface area contributed by atoms with Gasteiger partial charge in [-0.25, -0.2) is 4.79 Å². The van der Waals surface area contributed by atoms with Crippen molar-refractivity contribution in [3.63, 3.8) is 0 Å². The standard InChI is InChI=1S/C63H75N11O17/c64-44(24-26-53(65)80)55(82)67-45(25-27-54(66)81)56(83)68-46(30-36-8-16-40(76)17-9-36)57(84)69-47(31-37-10-18-41(77)19-11-37)59(86)73-51(34-75)60(87)71-49(32-38-12-20-42(78)21-13-38)62(89)74-28-4-7-52(74)61(88)70-48(29-35-5-2-1-3-6-35)58(85)72-50(63(90)91)33-39-14-22-43(79)23-15-39/h1-3,5-6,8-23,44-52,75-79H,4,7,24-34,64H2,(H2,65,80)(H2,66,81)(H,67,82)(H,68,83)(H,69,84)(H,70,88)(H,71,87)(H,72,85)(H,73,86)(H,90,91)/t44-,45-,46-,47-,48-,49-,50-,51-,52-/m0/s1. The smallest absolute Gasteiger partial charge is 0.326 e. The Balaban J connectivity index is 1.24. The number of carboxylic acid groups (broad SMARTS) is 1. The Bertz CT molecular complexity index is 3360. The fraction of sp³-hybridized carbons (Fsp3) is 0.349. The zero-order valence-electron chi connectivity index (χ0n) is 49.4. The Morgan fingerprint density at radius 2 is 0.769 bits per heavy atom. The number of aliphatic hydroxyl groups excluding tert-OH is 1. The average molecular weight is 1260 g/mol. The van der Waals surface area contributed by atoms with Crippen LogP contribution in [0.2, 0.25) is 0 Å². The molecule has 6 rings (SSSR count). The van der Waals surface area contributed by atoms with Gasteiger partial charge in [-0.2, -0.15) is 0 Å². The highest BCUT2D eigenvalue weighted by Crippen LogP contribution is 2.22. The molecule has 28 heteroatoms. The second kappa shape index (κ2) is 33.7. The molecule has 10 amide bonds. The summed E-state index contributed by atoms with van der Waals surface area (Å²) in [5, 5.41) is 78.6. The number of aliphatic carboxylic acids is 1. The van der Waals surface area contributed by atoms with E-state index in [1.54, 1.807) is 30.3 Å². The fourth-order valence-electron chi connectivity index (χ4n) is 9.94. The Morgan fingerprint density at radius 1 is 0.429 bits per heavy atom. The predicted octanol–water partition coefficient (Wildman–Crippen LogP) is -1.66. The lowest BCUT2D eigenvalue weighted by molar-refractivity contribution is -0.143. The number of hydrogen-bond acceptors (Lipinski definition) is 17. The first-order chi connectivity index (χ1) is 43.3. The summed E-state index contributed by atoms with van der Waals surface area (Å²) in [5.41, 5.74) is 18.7. The van der Waals surface area contributed by atoms with Gasteiger partial charge in [-0.15, -0.1) is 0 Å². The quantitative estimate of drug-likeness (QED) is 0.0224. The van der Waals surface area contributed by atoms with Crippen LogP contribution in [0.5, 0.6) is 23.0 Å². The van der Waals surface area contributed by atoms with Gasteiger partial charge in [0, 0.05) is 51.5 Å². The number of benzene rings is 5. The van der Waals surface area contributed by atoms with E-state index >= 15 is 0 Å². The number of nitrogens with two attached hydrogens (primary N) is 3. The van der Waals surface area contributed by atoms with Crippen LogP contribution in [0.25, 0.3) is 0 Å². The number of nitrogens with one attached hydrogen (secondary N) is 7. The van der Waals surface area contributed by atoms with Crippen LogP contribution >= 0.6 is 0 Å². The Hall–Kier alpha value is -10.6. The first-order valence-corrected chi connectivity index (χ1v) is 29.1. The molecule has 5 aromatic rings. The Morgan fingerprint density at radius 3 is 1.20 bits per heavy atom. The summed E-state index contributed by atoms with van der Waals surface area (Å²) in [5.74, 6) is -11.1. The SMILES string of the molecule is NC(=O)CC[C@H](NC(=O)[C@@H](N)CCC(N)=O)C(=O)N[C@@H](Cc1ccc(O)cc1)C(=O)N[C@@H](Cc1ccc(O)cc1)C(=O)N[C@@H](CO)C(=O)N[C@@H](Cc1ccc(O)cc1)C(=O)N1CCC[C@H]1C(=O)N[C@@H](Cc1ccccc1)C(=O)N[C@@H](Cc1ccc(O)cc1)C(=O)O. The molecule has 0 radical (unpaired) electrons. The van der Waals surface area contributed by atoms with E-state index in [1.165, 1.54) is 102 Å². The lowest BCUT2D eigenvalue weighted by Crippen LogP contribution is -2.61. The van der Waals surface area contributed by atoms with Crippen molar-refractivity contribution in [3.8, 4) is 23.0 Å². The van der Waals surface area contributed by atoms with Crippen molar-refractivity contribution in [1.29, 1.82) is 0 Å². The summed E-state index contributed by atoms with van der Waals surface area (Å²) in [6.07, 6.45) is -2.16. The number of amides is 10. The zero-order chi connectivity index (χ0) is 66.3. The molecule has 1 saturated heterocycles. The number of hydrogen-bond donors (Lipinski definition) is 16. The summed E-state index contributed by atoms with van der Waals surface area (Å²) >= 11 is 0. The molecule has 91 heavy (non-hydrogen) atoms. The fourth-order valence-corrected chi connectivity index (χ4v) is 9.94. The molecule has 0 spiro atoms. The number of aromatic hydroxyl groups is 4. The molecule has 484 valence electrons. The van der Waals surface area contributed by atoms with Crippen LogP contribution in [0.3, 0.4) is 0 Å². The summed E-state index contributed by atoms with van der Waals surface area (Å²) in [6, 6.07) is 17.1. The highest BCUT2D eigenvalue weighted by molar-refractivity contribution is 5.99. The number of rotatable bonds is 33. The molecule has 1 aliphatic heterocycles. The van der Waals surface area contributed by atoms with E-state index in [9.17, 15) is 83.4 Å². The number of primary amides is 2. The normalized spacial score (nSPS) is 15.3. The van der Waals surface area contributed by atoms with Crippen molar-refractivity contribution < 1.29 is 83.4 Å². The van der Waals surface area contributed by atoms with E-state index < -0.39 is 132 Å². The van der Waals surface area contributed by atoms with Crippen molar-refractivity contribution in [3.05, 3.63) is 155 Å².